The number of halogens is 1. The molecule has 1 aliphatic rings. The van der Waals surface area contributed by atoms with Crippen LogP contribution in [-0.2, 0) is 9.59 Å². The van der Waals surface area contributed by atoms with Crippen LogP contribution in [-0.4, -0.2) is 28.6 Å². The lowest BCUT2D eigenvalue weighted by molar-refractivity contribution is -0.143. The van der Waals surface area contributed by atoms with E-state index in [0.717, 1.165) is 6.07 Å². The number of aliphatic hydroxyl groups is 1. The van der Waals surface area contributed by atoms with E-state index in [-0.39, 0.29) is 13.0 Å². The normalized spacial score (nSPS) is 17.3. The number of carboxylic acid groups (broad SMARTS) is 1. The molecule has 1 aromatic rings. The monoisotopic (exact) mass is 281 g/mol. The van der Waals surface area contributed by atoms with E-state index in [1.807, 2.05) is 0 Å². The molecule has 108 valence electrons. The maximum atomic E-state index is 13.0. The van der Waals surface area contributed by atoms with Crippen LogP contribution in [0.5, 0.6) is 0 Å². The van der Waals surface area contributed by atoms with Gasteiger partial charge in [0.25, 0.3) is 0 Å². The Balaban J connectivity index is 1.84. The Kier molecular flexibility index (Phi) is 4.04. The predicted octanol–water partition coefficient (Wildman–Crippen LogP) is 1.23. The minimum atomic E-state index is -1.11. The Labute approximate surface area is 115 Å². The molecule has 1 aromatic carbocycles. The number of aliphatic carboxylic acids is 1. The van der Waals surface area contributed by atoms with Gasteiger partial charge in [0.05, 0.1) is 17.9 Å². The summed E-state index contributed by atoms with van der Waals surface area (Å²) >= 11 is 0. The molecule has 1 fully saturated rings. The van der Waals surface area contributed by atoms with Gasteiger partial charge in [-0.1, -0.05) is 12.1 Å². The molecule has 0 aromatic heterocycles. The Morgan fingerprint density at radius 1 is 1.40 bits per heavy atom. The number of hydrogen-bond donors (Lipinski definition) is 3. The van der Waals surface area contributed by atoms with Crippen molar-refractivity contribution in [3.8, 4) is 0 Å². The van der Waals surface area contributed by atoms with Crippen molar-refractivity contribution in [2.24, 2.45) is 5.41 Å². The second-order valence-corrected chi connectivity index (χ2v) is 5.14. The number of aliphatic hydroxyl groups excluding tert-OH is 1. The Morgan fingerprint density at radius 2 is 2.10 bits per heavy atom. The number of amides is 1. The van der Waals surface area contributed by atoms with Crippen molar-refractivity contribution in [3.05, 3.63) is 35.6 Å². The van der Waals surface area contributed by atoms with E-state index in [2.05, 4.69) is 5.32 Å². The second kappa shape index (κ2) is 5.58. The third-order valence-electron chi connectivity index (χ3n) is 3.54. The third-order valence-corrected chi connectivity index (χ3v) is 3.54. The highest BCUT2D eigenvalue weighted by Crippen LogP contribution is 2.45. The Morgan fingerprint density at radius 3 is 2.65 bits per heavy atom. The summed E-state index contributed by atoms with van der Waals surface area (Å²) in [7, 11) is 0. The van der Waals surface area contributed by atoms with Gasteiger partial charge in [-0.15, -0.1) is 0 Å². The number of hydrogen-bond acceptors (Lipinski definition) is 3. The minimum Gasteiger partial charge on any atom is -0.481 e. The first-order valence-electron chi connectivity index (χ1n) is 6.37. The molecule has 20 heavy (non-hydrogen) atoms. The maximum Gasteiger partial charge on any atom is 0.311 e. The molecule has 6 heteroatoms. The number of nitrogens with one attached hydrogen (secondary N) is 1. The molecule has 0 spiro atoms. The average Bonchev–Trinajstić information content (AvgIpc) is 3.17. The van der Waals surface area contributed by atoms with E-state index in [1.165, 1.54) is 18.2 Å². The van der Waals surface area contributed by atoms with Crippen LogP contribution in [0, 0.1) is 11.2 Å². The van der Waals surface area contributed by atoms with Crippen molar-refractivity contribution in [1.82, 2.24) is 5.32 Å². The van der Waals surface area contributed by atoms with Gasteiger partial charge in [0.15, 0.2) is 0 Å². The Hall–Kier alpha value is -1.95. The van der Waals surface area contributed by atoms with Gasteiger partial charge in [-0.05, 0) is 30.5 Å². The molecule has 0 heterocycles. The molecular formula is C14H16FNO4. The Bertz CT molecular complexity index is 528. The fraction of sp³-hybridized carbons (Fsp3) is 0.429. The summed E-state index contributed by atoms with van der Waals surface area (Å²) in [6, 6.07) is 5.40. The highest BCUT2D eigenvalue weighted by molar-refractivity contribution is 5.81. The van der Waals surface area contributed by atoms with Crippen molar-refractivity contribution >= 4 is 11.9 Å². The number of carbonyl (C=O) groups excluding carboxylic acids is 1. The first-order chi connectivity index (χ1) is 9.43. The molecule has 0 bridgehead atoms. The highest BCUT2D eigenvalue weighted by Gasteiger charge is 2.50. The summed E-state index contributed by atoms with van der Waals surface area (Å²) in [6.45, 7) is 0.0665. The summed E-state index contributed by atoms with van der Waals surface area (Å²) in [5.41, 5.74) is -0.515. The first-order valence-corrected chi connectivity index (χ1v) is 6.37. The lowest BCUT2D eigenvalue weighted by atomic mass is 10.1. The van der Waals surface area contributed by atoms with Crippen LogP contribution < -0.4 is 5.32 Å². The van der Waals surface area contributed by atoms with Crippen LogP contribution in [0.25, 0.3) is 0 Å². The van der Waals surface area contributed by atoms with Gasteiger partial charge in [0.1, 0.15) is 5.82 Å². The van der Waals surface area contributed by atoms with Crippen molar-refractivity contribution in [3.63, 3.8) is 0 Å². The van der Waals surface area contributed by atoms with Crippen LogP contribution in [0.2, 0.25) is 0 Å². The quantitative estimate of drug-likeness (QED) is 0.732. The minimum absolute atomic E-state index is 0.0665. The average molecular weight is 281 g/mol. The van der Waals surface area contributed by atoms with E-state index in [0.29, 0.717) is 18.4 Å². The summed E-state index contributed by atoms with van der Waals surface area (Å²) < 4.78 is 13.0. The molecule has 1 atom stereocenters. The van der Waals surface area contributed by atoms with Gasteiger partial charge in [-0.25, -0.2) is 4.39 Å². The zero-order valence-corrected chi connectivity index (χ0v) is 10.8. The fourth-order valence-electron chi connectivity index (χ4n) is 1.96. The number of benzene rings is 1. The zero-order chi connectivity index (χ0) is 14.8. The van der Waals surface area contributed by atoms with E-state index in [4.69, 9.17) is 5.11 Å². The number of carboxylic acids is 1. The van der Waals surface area contributed by atoms with Crippen LogP contribution in [0.4, 0.5) is 4.39 Å². The topological polar surface area (TPSA) is 86.6 Å². The van der Waals surface area contributed by atoms with Crippen molar-refractivity contribution in [2.45, 2.75) is 25.4 Å². The van der Waals surface area contributed by atoms with E-state index >= 15 is 0 Å². The molecule has 1 unspecified atom stereocenters. The predicted molar refractivity (Wildman–Crippen MR) is 68.3 cm³/mol. The summed E-state index contributed by atoms with van der Waals surface area (Å²) in [5.74, 6) is -1.84. The van der Waals surface area contributed by atoms with Gasteiger partial charge in [0.2, 0.25) is 5.91 Å². The summed E-state index contributed by atoms with van der Waals surface area (Å²) in [4.78, 5) is 22.6. The second-order valence-electron chi connectivity index (χ2n) is 5.14. The summed E-state index contributed by atoms with van der Waals surface area (Å²) in [6.07, 6.45) is -0.228. The van der Waals surface area contributed by atoms with Crippen LogP contribution in [0.1, 0.15) is 30.9 Å². The number of rotatable bonds is 6. The molecule has 1 aliphatic carbocycles. The lowest BCUT2D eigenvalue weighted by Crippen LogP contribution is -2.34. The van der Waals surface area contributed by atoms with E-state index in [9.17, 15) is 19.1 Å². The zero-order valence-electron chi connectivity index (χ0n) is 10.8. The molecular weight excluding hydrogens is 265 g/mol. The van der Waals surface area contributed by atoms with Crippen molar-refractivity contribution in [1.29, 1.82) is 0 Å². The van der Waals surface area contributed by atoms with E-state index < -0.39 is 29.2 Å². The molecule has 5 nitrogen and oxygen atoms in total. The van der Waals surface area contributed by atoms with Crippen molar-refractivity contribution in [2.75, 3.05) is 6.54 Å². The fourth-order valence-corrected chi connectivity index (χ4v) is 1.96. The van der Waals surface area contributed by atoms with Gasteiger partial charge in [-0.2, -0.15) is 0 Å². The lowest BCUT2D eigenvalue weighted by Gasteiger charge is -2.14. The first kappa shape index (κ1) is 14.5. The largest absolute Gasteiger partial charge is 0.481 e. The van der Waals surface area contributed by atoms with E-state index in [1.54, 1.807) is 0 Å². The maximum absolute atomic E-state index is 13.0. The molecule has 0 radical (unpaired) electrons. The van der Waals surface area contributed by atoms with Gasteiger partial charge >= 0.3 is 5.97 Å². The van der Waals surface area contributed by atoms with Crippen LogP contribution in [0.15, 0.2) is 24.3 Å². The molecule has 2 rings (SSSR count). The highest BCUT2D eigenvalue weighted by atomic mass is 19.1. The van der Waals surface area contributed by atoms with Gasteiger partial charge < -0.3 is 15.5 Å². The molecule has 0 saturated heterocycles. The van der Waals surface area contributed by atoms with Crippen LogP contribution >= 0.6 is 0 Å². The third kappa shape index (κ3) is 3.33. The standard InChI is InChI=1S/C14H16FNO4/c15-10-3-1-2-9(6-10)11(17)7-12(18)16-8-14(4-5-14)13(19)20/h1-3,6,11,17H,4-5,7-8H2,(H,16,18)(H,19,20). The molecule has 0 aliphatic heterocycles. The van der Waals surface area contributed by atoms with Gasteiger partial charge in [-0.3, -0.25) is 9.59 Å². The van der Waals surface area contributed by atoms with Crippen molar-refractivity contribution < 1.29 is 24.2 Å². The summed E-state index contributed by atoms with van der Waals surface area (Å²) in [5, 5.41) is 21.3. The number of carbonyl (C=O) groups is 2. The van der Waals surface area contributed by atoms with Crippen LogP contribution in [0.3, 0.4) is 0 Å². The SMILES string of the molecule is O=C(CC(O)c1cccc(F)c1)NCC1(C(=O)O)CC1. The smallest absolute Gasteiger partial charge is 0.311 e. The van der Waals surface area contributed by atoms with Gasteiger partial charge in [0, 0.05) is 6.54 Å². The molecule has 3 N–H and O–H groups in total. The molecule has 1 amide bonds. The molecule has 1 saturated carbocycles.